The zero-order valence-corrected chi connectivity index (χ0v) is 9.29. The van der Waals surface area contributed by atoms with Crippen LogP contribution in [0.5, 0.6) is 0 Å². The third kappa shape index (κ3) is 3.77. The van der Waals surface area contributed by atoms with Crippen LogP contribution in [0.1, 0.15) is 13.3 Å². The smallest absolute Gasteiger partial charge is 0.330 e. The molecule has 0 radical (unpaired) electrons. The summed E-state index contributed by atoms with van der Waals surface area (Å²) < 4.78 is 4.69. The fourth-order valence-corrected chi connectivity index (χ4v) is 1.45. The Balaban J connectivity index is 2.71. The molecular formula is C11H14O6. The van der Waals surface area contributed by atoms with Crippen LogP contribution < -0.4 is 0 Å². The van der Waals surface area contributed by atoms with Gasteiger partial charge in [0.05, 0.1) is 0 Å². The van der Waals surface area contributed by atoms with E-state index in [1.54, 1.807) is 6.92 Å². The molecule has 0 saturated heterocycles. The van der Waals surface area contributed by atoms with E-state index < -0.39 is 36.7 Å². The number of esters is 1. The van der Waals surface area contributed by atoms with E-state index in [0.717, 1.165) is 12.2 Å². The van der Waals surface area contributed by atoms with Crippen molar-refractivity contribution in [2.75, 3.05) is 6.61 Å². The van der Waals surface area contributed by atoms with E-state index in [2.05, 4.69) is 4.74 Å². The molecule has 94 valence electrons. The van der Waals surface area contributed by atoms with Crippen LogP contribution in [0, 0.1) is 0 Å². The van der Waals surface area contributed by atoms with Crippen molar-refractivity contribution in [3.8, 4) is 0 Å². The molecule has 0 aromatic carbocycles. The largest absolute Gasteiger partial charge is 0.458 e. The molecule has 1 aliphatic carbocycles. The minimum absolute atomic E-state index is 0.133. The SMILES string of the molecule is C/C=C/C(=O)OCC1=CC(O)(O)CC(O)C1=O. The number of hydrogen-bond acceptors (Lipinski definition) is 6. The lowest BCUT2D eigenvalue weighted by atomic mass is 9.91. The Bertz CT molecular complexity index is 379. The normalized spacial score (nSPS) is 23.6. The van der Waals surface area contributed by atoms with Gasteiger partial charge < -0.3 is 20.1 Å². The highest BCUT2D eigenvalue weighted by molar-refractivity contribution is 6.00. The first kappa shape index (κ1) is 13.6. The van der Waals surface area contributed by atoms with Crippen LogP contribution in [0.15, 0.2) is 23.8 Å². The maximum atomic E-state index is 11.4. The second kappa shape index (κ2) is 5.22. The number of aliphatic hydroxyl groups excluding tert-OH is 1. The molecule has 1 atom stereocenters. The molecule has 0 amide bonds. The molecule has 0 aliphatic heterocycles. The summed E-state index contributed by atoms with van der Waals surface area (Å²) in [6.07, 6.45) is 1.53. The van der Waals surface area contributed by atoms with E-state index in [9.17, 15) is 24.9 Å². The number of carbonyl (C=O) groups excluding carboxylic acids is 2. The minimum atomic E-state index is -2.25. The van der Waals surface area contributed by atoms with Crippen LogP contribution in [0.3, 0.4) is 0 Å². The predicted octanol–water partition coefficient (Wildman–Crippen LogP) is -0.953. The first-order chi connectivity index (χ1) is 7.85. The van der Waals surface area contributed by atoms with Gasteiger partial charge >= 0.3 is 5.97 Å². The standard InChI is InChI=1S/C11H14O6/c1-2-3-9(13)17-6-7-4-11(15,16)5-8(12)10(7)14/h2-4,8,12,15-16H,5-6H2,1H3/b3-2+. The fraction of sp³-hybridized carbons (Fsp3) is 0.455. The Kier molecular flexibility index (Phi) is 4.17. The number of carbonyl (C=O) groups is 2. The number of ketones is 1. The topological polar surface area (TPSA) is 104 Å². The zero-order valence-electron chi connectivity index (χ0n) is 9.29. The van der Waals surface area contributed by atoms with Crippen molar-refractivity contribution in [3.63, 3.8) is 0 Å². The van der Waals surface area contributed by atoms with Gasteiger partial charge in [-0.2, -0.15) is 0 Å². The summed E-state index contributed by atoms with van der Waals surface area (Å²) in [5.41, 5.74) is -0.133. The van der Waals surface area contributed by atoms with Crippen molar-refractivity contribution < 1.29 is 29.6 Å². The van der Waals surface area contributed by atoms with Crippen molar-refractivity contribution in [1.82, 2.24) is 0 Å². The first-order valence-electron chi connectivity index (χ1n) is 5.04. The summed E-state index contributed by atoms with van der Waals surface area (Å²) in [6.45, 7) is 1.23. The highest BCUT2D eigenvalue weighted by Gasteiger charge is 2.36. The van der Waals surface area contributed by atoms with Crippen molar-refractivity contribution in [2.45, 2.75) is 25.2 Å². The monoisotopic (exact) mass is 242 g/mol. The third-order valence-electron chi connectivity index (χ3n) is 2.19. The fourth-order valence-electron chi connectivity index (χ4n) is 1.45. The third-order valence-corrected chi connectivity index (χ3v) is 2.19. The summed E-state index contributed by atoms with van der Waals surface area (Å²) in [5.74, 6) is -3.57. The average Bonchev–Trinajstić information content (AvgIpc) is 2.21. The molecule has 0 aromatic rings. The Labute approximate surface area is 97.8 Å². The van der Waals surface area contributed by atoms with Gasteiger partial charge in [-0.1, -0.05) is 6.08 Å². The lowest BCUT2D eigenvalue weighted by molar-refractivity contribution is -0.159. The van der Waals surface area contributed by atoms with Gasteiger partial charge in [0.1, 0.15) is 12.7 Å². The average molecular weight is 242 g/mol. The van der Waals surface area contributed by atoms with Gasteiger partial charge in [0, 0.05) is 18.1 Å². The van der Waals surface area contributed by atoms with Gasteiger partial charge in [0.2, 0.25) is 0 Å². The number of Topliss-reactive ketones (excluding diaryl/α,β-unsaturated/α-hetero) is 1. The van der Waals surface area contributed by atoms with Gasteiger partial charge in [-0.05, 0) is 13.0 Å². The van der Waals surface area contributed by atoms with Crippen LogP contribution in [0.25, 0.3) is 0 Å². The maximum absolute atomic E-state index is 11.4. The van der Waals surface area contributed by atoms with Crippen LogP contribution >= 0.6 is 0 Å². The first-order valence-corrected chi connectivity index (χ1v) is 5.04. The molecule has 0 saturated carbocycles. The Morgan fingerprint density at radius 2 is 2.29 bits per heavy atom. The molecule has 0 bridgehead atoms. The molecule has 1 aliphatic rings. The Hall–Kier alpha value is -1.50. The van der Waals surface area contributed by atoms with Crippen molar-refractivity contribution in [2.24, 2.45) is 0 Å². The van der Waals surface area contributed by atoms with Gasteiger partial charge in [-0.15, -0.1) is 0 Å². The molecule has 1 rings (SSSR count). The molecule has 0 fully saturated rings. The predicted molar refractivity (Wildman–Crippen MR) is 56.7 cm³/mol. The van der Waals surface area contributed by atoms with Gasteiger partial charge in [-0.3, -0.25) is 4.79 Å². The summed E-state index contributed by atoms with van der Waals surface area (Å²) in [4.78, 5) is 22.4. The Morgan fingerprint density at radius 3 is 2.88 bits per heavy atom. The molecule has 0 spiro atoms. The molecular weight excluding hydrogens is 228 g/mol. The number of hydrogen-bond donors (Lipinski definition) is 3. The molecule has 6 heteroatoms. The second-order valence-corrected chi connectivity index (χ2v) is 3.74. The summed E-state index contributed by atoms with van der Waals surface area (Å²) in [6, 6.07) is 0. The summed E-state index contributed by atoms with van der Waals surface area (Å²) >= 11 is 0. The van der Waals surface area contributed by atoms with Gasteiger partial charge in [-0.25, -0.2) is 4.79 Å². The van der Waals surface area contributed by atoms with E-state index in [0.29, 0.717) is 0 Å². The molecule has 3 N–H and O–H groups in total. The lowest BCUT2D eigenvalue weighted by Gasteiger charge is -2.27. The lowest BCUT2D eigenvalue weighted by Crippen LogP contribution is -2.41. The van der Waals surface area contributed by atoms with E-state index in [1.165, 1.54) is 6.08 Å². The summed E-state index contributed by atoms with van der Waals surface area (Å²) in [7, 11) is 0. The van der Waals surface area contributed by atoms with E-state index in [4.69, 9.17) is 0 Å². The van der Waals surface area contributed by atoms with Crippen molar-refractivity contribution in [1.29, 1.82) is 0 Å². The molecule has 6 nitrogen and oxygen atoms in total. The highest BCUT2D eigenvalue weighted by atomic mass is 16.5. The molecule has 17 heavy (non-hydrogen) atoms. The van der Waals surface area contributed by atoms with Crippen LogP contribution in [-0.2, 0) is 14.3 Å². The zero-order chi connectivity index (χ0) is 13.1. The number of rotatable bonds is 3. The van der Waals surface area contributed by atoms with E-state index in [-0.39, 0.29) is 5.57 Å². The van der Waals surface area contributed by atoms with Gasteiger partial charge in [0.15, 0.2) is 11.6 Å². The molecule has 1 unspecified atom stereocenters. The summed E-state index contributed by atoms with van der Waals surface area (Å²) in [5, 5.41) is 27.9. The minimum Gasteiger partial charge on any atom is -0.458 e. The quantitative estimate of drug-likeness (QED) is 0.335. The number of allylic oxidation sites excluding steroid dienone is 1. The van der Waals surface area contributed by atoms with Crippen molar-refractivity contribution in [3.05, 3.63) is 23.8 Å². The highest BCUT2D eigenvalue weighted by Crippen LogP contribution is 2.22. The second-order valence-electron chi connectivity index (χ2n) is 3.74. The maximum Gasteiger partial charge on any atom is 0.330 e. The number of aliphatic hydroxyl groups is 3. The van der Waals surface area contributed by atoms with Crippen LogP contribution in [0.2, 0.25) is 0 Å². The van der Waals surface area contributed by atoms with E-state index >= 15 is 0 Å². The van der Waals surface area contributed by atoms with Gasteiger partial charge in [0.25, 0.3) is 0 Å². The van der Waals surface area contributed by atoms with E-state index in [1.807, 2.05) is 0 Å². The number of ether oxygens (including phenoxy) is 1. The van der Waals surface area contributed by atoms with Crippen LogP contribution in [0.4, 0.5) is 0 Å². The van der Waals surface area contributed by atoms with Crippen LogP contribution in [-0.4, -0.2) is 45.6 Å². The molecule has 0 heterocycles. The van der Waals surface area contributed by atoms with Crippen molar-refractivity contribution >= 4 is 11.8 Å². The molecule has 0 aromatic heterocycles. The Morgan fingerprint density at radius 1 is 1.65 bits per heavy atom.